The number of nitrogens with zero attached hydrogens (tertiary/aromatic N) is 1. The summed E-state index contributed by atoms with van der Waals surface area (Å²) in [4.78, 5) is 16.3. The zero-order valence-corrected chi connectivity index (χ0v) is 18.5. The molecule has 0 spiro atoms. The van der Waals surface area contributed by atoms with Gasteiger partial charge in [0.15, 0.2) is 0 Å². The van der Waals surface area contributed by atoms with E-state index in [4.69, 9.17) is 4.74 Å². The predicted octanol–water partition coefficient (Wildman–Crippen LogP) is 1.82. The van der Waals surface area contributed by atoms with Crippen molar-refractivity contribution >= 4 is 11.7 Å². The third-order valence-electron chi connectivity index (χ3n) is 8.74. The maximum Gasteiger partial charge on any atom is 0.315 e. The topological polar surface area (TPSA) is 54.2 Å². The first-order valence-electron chi connectivity index (χ1n) is 11.8. The molecule has 0 radical (unpaired) electrons. The molecule has 1 saturated carbocycles. The lowest BCUT2D eigenvalue weighted by Gasteiger charge is -2.51. The van der Waals surface area contributed by atoms with Crippen LogP contribution in [0, 0.1) is 29.0 Å². The summed E-state index contributed by atoms with van der Waals surface area (Å²) >= 11 is 0. The van der Waals surface area contributed by atoms with Crippen molar-refractivity contribution in [1.82, 2.24) is 0 Å². The fraction of sp³-hybridized carbons (Fsp3) is 0.640. The molecule has 0 amide bonds. The van der Waals surface area contributed by atoms with Crippen molar-refractivity contribution in [2.45, 2.75) is 45.3 Å². The highest BCUT2D eigenvalue weighted by Gasteiger charge is 2.60. The van der Waals surface area contributed by atoms with Crippen LogP contribution in [0.1, 0.15) is 33.1 Å². The van der Waals surface area contributed by atoms with Crippen molar-refractivity contribution in [3.63, 3.8) is 0 Å². The molecule has 0 unspecified atom stereocenters. The highest BCUT2D eigenvalue weighted by atomic mass is 19.1. The second-order valence-corrected chi connectivity index (χ2v) is 10.2. The molecular formula is C25H34FN2O3+. The van der Waals surface area contributed by atoms with Crippen LogP contribution in [0.2, 0.25) is 0 Å². The summed E-state index contributed by atoms with van der Waals surface area (Å²) in [5.41, 5.74) is 1.67. The first kappa shape index (κ1) is 21.0. The van der Waals surface area contributed by atoms with Gasteiger partial charge in [-0.3, -0.25) is 4.79 Å². The van der Waals surface area contributed by atoms with E-state index in [1.165, 1.54) is 16.5 Å². The van der Waals surface area contributed by atoms with Crippen LogP contribution in [0.5, 0.6) is 0 Å². The van der Waals surface area contributed by atoms with E-state index < -0.39 is 6.10 Å². The van der Waals surface area contributed by atoms with E-state index >= 15 is 0 Å². The molecule has 6 heteroatoms. The van der Waals surface area contributed by atoms with Crippen LogP contribution in [-0.2, 0) is 9.53 Å². The Balaban J connectivity index is 1.28. The van der Waals surface area contributed by atoms with E-state index in [-0.39, 0.29) is 35.1 Å². The van der Waals surface area contributed by atoms with Gasteiger partial charge in [0.2, 0.25) is 0 Å². The van der Waals surface area contributed by atoms with Crippen LogP contribution < -0.4 is 9.80 Å². The summed E-state index contributed by atoms with van der Waals surface area (Å²) in [7, 11) is 0. The number of hydrogen-bond acceptors (Lipinski definition) is 4. The first-order valence-corrected chi connectivity index (χ1v) is 11.8. The van der Waals surface area contributed by atoms with Gasteiger partial charge in [-0.2, -0.15) is 0 Å². The molecule has 2 saturated heterocycles. The molecule has 0 bridgehead atoms. The number of anilines is 1. The lowest BCUT2D eigenvalue weighted by atomic mass is 9.55. The number of carbonyl (C=O) groups excluding carboxylic acids is 1. The van der Waals surface area contributed by atoms with E-state index in [1.54, 1.807) is 6.07 Å². The summed E-state index contributed by atoms with van der Waals surface area (Å²) in [6.07, 6.45) is 4.41. The van der Waals surface area contributed by atoms with Gasteiger partial charge in [-0.05, 0) is 30.9 Å². The van der Waals surface area contributed by atoms with E-state index in [0.29, 0.717) is 18.2 Å². The number of nitrogens with one attached hydrogen (secondary N) is 1. The molecular weight excluding hydrogens is 395 g/mol. The van der Waals surface area contributed by atoms with E-state index in [0.717, 1.165) is 45.4 Å². The number of halogens is 1. The van der Waals surface area contributed by atoms with Crippen molar-refractivity contribution in [2.24, 2.45) is 23.2 Å². The van der Waals surface area contributed by atoms with Gasteiger partial charge in [0.25, 0.3) is 0 Å². The van der Waals surface area contributed by atoms with Gasteiger partial charge >= 0.3 is 5.97 Å². The molecule has 1 aromatic carbocycles. The molecule has 31 heavy (non-hydrogen) atoms. The quantitative estimate of drug-likeness (QED) is 0.569. The van der Waals surface area contributed by atoms with Gasteiger partial charge in [0, 0.05) is 17.8 Å². The standard InChI is InChI=1S/C25H33FN2O3/c1-16-6-5-7-17-14-21-22(23(29)25(16,17)2)18(24(30)31-21)15-27-10-12-28(13-11-27)20-9-4-3-8-19(20)26/h3-4,7-9,16,18,21-23,29H,5-6,10-15H2,1-2H3/p+1/t16-,18-,21+,22+,23+,25+/m0/s1. The van der Waals surface area contributed by atoms with Crippen LogP contribution in [0.4, 0.5) is 10.1 Å². The summed E-state index contributed by atoms with van der Waals surface area (Å²) < 4.78 is 20.0. The Morgan fingerprint density at radius 2 is 2.03 bits per heavy atom. The maximum atomic E-state index is 14.1. The molecule has 6 atom stereocenters. The molecule has 2 aliphatic heterocycles. The lowest BCUT2D eigenvalue weighted by molar-refractivity contribution is -0.903. The third kappa shape index (κ3) is 3.39. The number of carbonyl (C=O) groups is 1. The summed E-state index contributed by atoms with van der Waals surface area (Å²) in [6.45, 7) is 8.33. The first-order chi connectivity index (χ1) is 14.9. The summed E-state index contributed by atoms with van der Waals surface area (Å²) in [5, 5.41) is 11.5. The van der Waals surface area contributed by atoms with E-state index in [2.05, 4.69) is 24.8 Å². The number of para-hydroxylation sites is 1. The monoisotopic (exact) mass is 429 g/mol. The molecule has 2 N–H and O–H groups in total. The van der Waals surface area contributed by atoms with Crippen LogP contribution >= 0.6 is 0 Å². The number of allylic oxidation sites excluding steroid dienone is 1. The Morgan fingerprint density at radius 3 is 2.77 bits per heavy atom. The molecule has 2 aliphatic carbocycles. The van der Waals surface area contributed by atoms with Crippen molar-refractivity contribution in [2.75, 3.05) is 37.6 Å². The van der Waals surface area contributed by atoms with E-state index in [9.17, 15) is 14.3 Å². The smallest absolute Gasteiger partial charge is 0.315 e. The van der Waals surface area contributed by atoms with Crippen molar-refractivity contribution in [3.8, 4) is 0 Å². The number of rotatable bonds is 3. The van der Waals surface area contributed by atoms with Crippen molar-refractivity contribution in [3.05, 3.63) is 41.7 Å². The fourth-order valence-corrected chi connectivity index (χ4v) is 6.58. The lowest BCUT2D eigenvalue weighted by Crippen LogP contribution is -3.15. The Morgan fingerprint density at radius 1 is 1.29 bits per heavy atom. The highest BCUT2D eigenvalue weighted by Crippen LogP contribution is 2.55. The van der Waals surface area contributed by atoms with Gasteiger partial charge in [0.05, 0.1) is 44.5 Å². The minimum atomic E-state index is -0.552. The number of esters is 1. The predicted molar refractivity (Wildman–Crippen MR) is 116 cm³/mol. The molecule has 1 aromatic rings. The van der Waals surface area contributed by atoms with Gasteiger partial charge < -0.3 is 19.6 Å². The average Bonchev–Trinajstić information content (AvgIpc) is 3.06. The number of aliphatic hydroxyl groups is 1. The maximum absolute atomic E-state index is 14.1. The number of fused-ring (bicyclic) bond motifs is 2. The number of quaternary nitrogens is 1. The van der Waals surface area contributed by atoms with Crippen LogP contribution in [0.3, 0.4) is 0 Å². The van der Waals surface area contributed by atoms with Gasteiger partial charge in [-0.15, -0.1) is 0 Å². The normalized spacial score (nSPS) is 38.3. The Bertz CT molecular complexity index is 881. The molecule has 5 nitrogen and oxygen atoms in total. The zero-order chi connectivity index (χ0) is 21.8. The number of piperazine rings is 1. The van der Waals surface area contributed by atoms with Crippen LogP contribution in [0.15, 0.2) is 35.9 Å². The number of benzene rings is 1. The number of ether oxygens (including phenoxy) is 1. The molecule has 4 aliphatic rings. The SMILES string of the molecule is C[C@H]1CCC=C2C[C@H]3OC(=O)[C@@H](C[NH+]4CCN(c5ccccc5F)CC4)[C@H]3[C@@H](O)[C@@]21C. The second-order valence-electron chi connectivity index (χ2n) is 10.2. The van der Waals surface area contributed by atoms with Crippen LogP contribution in [0.25, 0.3) is 0 Å². The molecule has 5 rings (SSSR count). The molecule has 3 fully saturated rings. The summed E-state index contributed by atoms with van der Waals surface area (Å²) in [6, 6.07) is 6.91. The van der Waals surface area contributed by atoms with Crippen molar-refractivity contribution < 1.29 is 23.9 Å². The zero-order valence-electron chi connectivity index (χ0n) is 18.5. The van der Waals surface area contributed by atoms with Gasteiger partial charge in [-0.25, -0.2) is 4.39 Å². The second kappa shape index (κ2) is 7.89. The largest absolute Gasteiger partial charge is 0.461 e. The number of aliphatic hydroxyl groups excluding tert-OH is 1. The van der Waals surface area contributed by atoms with Gasteiger partial charge in [0.1, 0.15) is 17.8 Å². The molecule has 168 valence electrons. The number of hydrogen-bond donors (Lipinski definition) is 2. The van der Waals surface area contributed by atoms with E-state index in [1.807, 2.05) is 12.1 Å². The molecule has 2 heterocycles. The van der Waals surface area contributed by atoms with Crippen LogP contribution in [-0.4, -0.2) is 56.0 Å². The highest BCUT2D eigenvalue weighted by molar-refractivity contribution is 5.76. The summed E-state index contributed by atoms with van der Waals surface area (Å²) in [5.74, 6) is -0.322. The average molecular weight is 430 g/mol. The van der Waals surface area contributed by atoms with Crippen molar-refractivity contribution in [1.29, 1.82) is 0 Å². The molecule has 0 aromatic heterocycles. The minimum Gasteiger partial charge on any atom is -0.461 e. The fourth-order valence-electron chi connectivity index (χ4n) is 6.58. The van der Waals surface area contributed by atoms with Gasteiger partial charge in [-0.1, -0.05) is 37.6 Å². The Kier molecular flexibility index (Phi) is 5.33. The third-order valence-corrected chi connectivity index (χ3v) is 8.74. The minimum absolute atomic E-state index is 0.132. The Hall–Kier alpha value is -1.92. The Labute approximate surface area is 183 Å².